The number of nitrogens with one attached hydrogen (secondary N) is 2. The highest BCUT2D eigenvalue weighted by Gasteiger charge is 2.16. The van der Waals surface area contributed by atoms with Gasteiger partial charge < -0.3 is 16.4 Å². The molecule has 0 atom stereocenters. The molecule has 3 amide bonds. The number of carbonyl (C=O) groups excluding carboxylic acids is 3. The molecule has 1 aromatic heterocycles. The third-order valence-corrected chi connectivity index (χ3v) is 3.85. The molecule has 0 saturated carbocycles. The van der Waals surface area contributed by atoms with Gasteiger partial charge in [0.15, 0.2) is 0 Å². The number of halogens is 1. The van der Waals surface area contributed by atoms with Gasteiger partial charge in [0, 0.05) is 11.3 Å². The Bertz CT molecular complexity index is 1080. The van der Waals surface area contributed by atoms with Crippen LogP contribution in [0.15, 0.2) is 48.5 Å². The summed E-state index contributed by atoms with van der Waals surface area (Å²) in [5, 5.41) is 9.13. The first-order chi connectivity index (χ1) is 13.8. The zero-order chi connectivity index (χ0) is 21.0. The lowest BCUT2D eigenvalue weighted by molar-refractivity contribution is -0.117. The van der Waals surface area contributed by atoms with E-state index in [2.05, 4.69) is 20.7 Å². The van der Waals surface area contributed by atoms with Crippen molar-refractivity contribution in [2.24, 2.45) is 5.73 Å². The largest absolute Gasteiger partial charge is 0.368 e. The topological polar surface area (TPSA) is 132 Å². The van der Waals surface area contributed by atoms with E-state index in [0.29, 0.717) is 17.2 Å². The minimum absolute atomic E-state index is 0.0876. The van der Waals surface area contributed by atoms with Crippen LogP contribution in [-0.4, -0.2) is 39.0 Å². The summed E-state index contributed by atoms with van der Waals surface area (Å²) in [6.07, 6.45) is 0. The monoisotopic (exact) mass is 396 g/mol. The minimum Gasteiger partial charge on any atom is -0.368 e. The van der Waals surface area contributed by atoms with Crippen LogP contribution < -0.4 is 16.4 Å². The molecular formula is C19H17FN6O3. The standard InChI is InChI=1S/C19H17FN6O3/c1-11-23-17(25-26(11)15-7-5-13(20)6-8-15)19(29)24-14-4-2-3-12(9-14)18(28)22-10-16(21)27/h2-9H,10H2,1H3,(H2,21,27)(H,22,28)(H,24,29). The Labute approximate surface area is 164 Å². The second-order valence-electron chi connectivity index (χ2n) is 6.05. The Hall–Kier alpha value is -4.08. The van der Waals surface area contributed by atoms with Crippen LogP contribution in [0.4, 0.5) is 10.1 Å². The highest BCUT2D eigenvalue weighted by atomic mass is 19.1. The predicted molar refractivity (Wildman–Crippen MR) is 102 cm³/mol. The van der Waals surface area contributed by atoms with Crippen LogP contribution in [-0.2, 0) is 4.79 Å². The van der Waals surface area contributed by atoms with Crippen molar-refractivity contribution in [2.75, 3.05) is 11.9 Å². The van der Waals surface area contributed by atoms with Crippen molar-refractivity contribution in [1.29, 1.82) is 0 Å². The quantitative estimate of drug-likeness (QED) is 0.576. The van der Waals surface area contributed by atoms with E-state index < -0.39 is 17.7 Å². The molecule has 0 aliphatic rings. The number of amides is 3. The molecule has 0 aliphatic heterocycles. The molecule has 0 aliphatic carbocycles. The Kier molecular flexibility index (Phi) is 5.63. The Balaban J connectivity index is 1.75. The Morgan fingerprint density at radius 2 is 1.83 bits per heavy atom. The van der Waals surface area contributed by atoms with E-state index in [4.69, 9.17) is 5.73 Å². The normalized spacial score (nSPS) is 10.4. The number of hydrogen-bond acceptors (Lipinski definition) is 5. The van der Waals surface area contributed by atoms with Crippen LogP contribution in [0.3, 0.4) is 0 Å². The average Bonchev–Trinajstić information content (AvgIpc) is 3.08. The van der Waals surface area contributed by atoms with Gasteiger partial charge in [-0.05, 0) is 49.4 Å². The van der Waals surface area contributed by atoms with Crippen LogP contribution in [0.2, 0.25) is 0 Å². The SMILES string of the molecule is Cc1nc(C(=O)Nc2cccc(C(=O)NCC(N)=O)c2)nn1-c1ccc(F)cc1. The maximum atomic E-state index is 13.1. The van der Waals surface area contributed by atoms with Crippen LogP contribution >= 0.6 is 0 Å². The number of nitrogens with two attached hydrogens (primary N) is 1. The molecule has 10 heteroatoms. The summed E-state index contributed by atoms with van der Waals surface area (Å²) < 4.78 is 14.5. The summed E-state index contributed by atoms with van der Waals surface area (Å²) in [6, 6.07) is 11.7. The first-order valence-electron chi connectivity index (χ1n) is 8.51. The average molecular weight is 396 g/mol. The molecule has 0 saturated heterocycles. The number of carbonyl (C=O) groups is 3. The van der Waals surface area contributed by atoms with Gasteiger partial charge in [0.05, 0.1) is 12.2 Å². The number of aromatic nitrogens is 3. The van der Waals surface area contributed by atoms with Gasteiger partial charge >= 0.3 is 0 Å². The summed E-state index contributed by atoms with van der Waals surface area (Å²) in [4.78, 5) is 39.4. The van der Waals surface area contributed by atoms with Gasteiger partial charge in [-0.2, -0.15) is 0 Å². The lowest BCUT2D eigenvalue weighted by Gasteiger charge is -2.06. The third kappa shape index (κ3) is 4.80. The van der Waals surface area contributed by atoms with Crippen LogP contribution in [0, 0.1) is 12.7 Å². The molecule has 0 unspecified atom stereocenters. The molecule has 4 N–H and O–H groups in total. The zero-order valence-corrected chi connectivity index (χ0v) is 15.3. The second kappa shape index (κ2) is 8.30. The molecule has 3 aromatic rings. The molecular weight excluding hydrogens is 379 g/mol. The summed E-state index contributed by atoms with van der Waals surface area (Å²) in [6.45, 7) is 1.37. The summed E-state index contributed by atoms with van der Waals surface area (Å²) >= 11 is 0. The van der Waals surface area contributed by atoms with Crippen LogP contribution in [0.1, 0.15) is 26.8 Å². The van der Waals surface area contributed by atoms with Crippen molar-refractivity contribution in [2.45, 2.75) is 6.92 Å². The van der Waals surface area contributed by atoms with Crippen molar-refractivity contribution in [1.82, 2.24) is 20.1 Å². The van der Waals surface area contributed by atoms with Gasteiger partial charge in [0.1, 0.15) is 11.6 Å². The molecule has 0 fully saturated rings. The van der Waals surface area contributed by atoms with Gasteiger partial charge in [-0.25, -0.2) is 14.1 Å². The van der Waals surface area contributed by atoms with Gasteiger partial charge in [-0.3, -0.25) is 14.4 Å². The fraction of sp³-hybridized carbons (Fsp3) is 0.105. The van der Waals surface area contributed by atoms with E-state index in [1.54, 1.807) is 19.1 Å². The molecule has 3 rings (SSSR count). The fourth-order valence-electron chi connectivity index (χ4n) is 2.51. The number of aryl methyl sites for hydroxylation is 1. The first kappa shape index (κ1) is 19.7. The van der Waals surface area contributed by atoms with E-state index in [9.17, 15) is 18.8 Å². The highest BCUT2D eigenvalue weighted by Crippen LogP contribution is 2.14. The van der Waals surface area contributed by atoms with E-state index in [1.807, 2.05) is 0 Å². The molecule has 0 spiro atoms. The minimum atomic E-state index is -0.666. The predicted octanol–water partition coefficient (Wildman–Crippen LogP) is 1.18. The molecule has 0 bridgehead atoms. The highest BCUT2D eigenvalue weighted by molar-refractivity contribution is 6.03. The third-order valence-electron chi connectivity index (χ3n) is 3.85. The Morgan fingerprint density at radius 1 is 1.10 bits per heavy atom. The van der Waals surface area contributed by atoms with Crippen LogP contribution in [0.5, 0.6) is 0 Å². The van der Waals surface area contributed by atoms with Crippen molar-refractivity contribution < 1.29 is 18.8 Å². The number of anilines is 1. The van der Waals surface area contributed by atoms with Crippen molar-refractivity contribution >= 4 is 23.4 Å². The lowest BCUT2D eigenvalue weighted by Crippen LogP contribution is -2.33. The molecule has 9 nitrogen and oxygen atoms in total. The fourth-order valence-corrected chi connectivity index (χ4v) is 2.51. The zero-order valence-electron chi connectivity index (χ0n) is 15.3. The number of primary amides is 1. The maximum absolute atomic E-state index is 13.1. The molecule has 29 heavy (non-hydrogen) atoms. The number of benzene rings is 2. The summed E-state index contributed by atoms with van der Waals surface area (Å²) in [5.41, 5.74) is 6.14. The van der Waals surface area contributed by atoms with Gasteiger partial charge in [-0.15, -0.1) is 5.10 Å². The summed E-state index contributed by atoms with van der Waals surface area (Å²) in [5.74, 6) is -1.78. The maximum Gasteiger partial charge on any atom is 0.295 e. The number of hydrogen-bond donors (Lipinski definition) is 3. The Morgan fingerprint density at radius 3 is 2.52 bits per heavy atom. The van der Waals surface area contributed by atoms with Gasteiger partial charge in [0.25, 0.3) is 11.8 Å². The van der Waals surface area contributed by atoms with Crippen molar-refractivity contribution in [3.8, 4) is 5.69 Å². The van der Waals surface area contributed by atoms with Crippen molar-refractivity contribution in [3.05, 3.63) is 71.6 Å². The first-order valence-corrected chi connectivity index (χ1v) is 8.51. The smallest absolute Gasteiger partial charge is 0.295 e. The lowest BCUT2D eigenvalue weighted by atomic mass is 10.2. The molecule has 0 radical (unpaired) electrons. The van der Waals surface area contributed by atoms with Crippen LogP contribution in [0.25, 0.3) is 5.69 Å². The van der Waals surface area contributed by atoms with E-state index >= 15 is 0 Å². The summed E-state index contributed by atoms with van der Waals surface area (Å²) in [7, 11) is 0. The number of rotatable bonds is 6. The molecule has 148 valence electrons. The van der Waals surface area contributed by atoms with E-state index in [0.717, 1.165) is 0 Å². The second-order valence-corrected chi connectivity index (χ2v) is 6.05. The van der Waals surface area contributed by atoms with Gasteiger partial charge in [0.2, 0.25) is 11.7 Å². The van der Waals surface area contributed by atoms with Crippen molar-refractivity contribution in [3.63, 3.8) is 0 Å². The number of nitrogens with zero attached hydrogens (tertiary/aromatic N) is 3. The molecule has 2 aromatic carbocycles. The van der Waals surface area contributed by atoms with E-state index in [1.165, 1.54) is 41.1 Å². The van der Waals surface area contributed by atoms with Gasteiger partial charge in [-0.1, -0.05) is 6.07 Å². The van der Waals surface area contributed by atoms with E-state index in [-0.39, 0.29) is 23.7 Å². The molecule has 1 heterocycles.